The predicted octanol–water partition coefficient (Wildman–Crippen LogP) is 3.81. The van der Waals surface area contributed by atoms with E-state index < -0.39 is 0 Å². The minimum Gasteiger partial charge on any atom is -0.394 e. The molecule has 0 radical (unpaired) electrons. The summed E-state index contributed by atoms with van der Waals surface area (Å²) in [6.45, 7) is 5.51. The van der Waals surface area contributed by atoms with Crippen LogP contribution in [0.2, 0.25) is 0 Å². The van der Waals surface area contributed by atoms with Gasteiger partial charge in [-0.3, -0.25) is 4.90 Å². The van der Waals surface area contributed by atoms with Crippen LogP contribution < -0.4 is 0 Å². The Morgan fingerprint density at radius 3 is 1.88 bits per heavy atom. The summed E-state index contributed by atoms with van der Waals surface area (Å²) in [5.74, 6) is 0. The number of hydrogen-bond donors (Lipinski definition) is 1. The molecule has 3 heteroatoms. The van der Waals surface area contributed by atoms with E-state index in [4.69, 9.17) is 0 Å². The van der Waals surface area contributed by atoms with Crippen LogP contribution in [-0.4, -0.2) is 41.1 Å². The van der Waals surface area contributed by atoms with Gasteiger partial charge in [0.25, 0.3) is 0 Å². The van der Waals surface area contributed by atoms with Crippen molar-refractivity contribution >= 4 is 15.9 Å². The van der Waals surface area contributed by atoms with Gasteiger partial charge < -0.3 is 5.11 Å². The third-order valence-corrected chi connectivity index (χ3v) is 4.11. The summed E-state index contributed by atoms with van der Waals surface area (Å²) >= 11 is 3.46. The first kappa shape index (κ1) is 17.4. The zero-order valence-corrected chi connectivity index (χ0v) is 13.4. The van der Waals surface area contributed by atoms with Gasteiger partial charge in [-0.05, 0) is 40.3 Å². The van der Waals surface area contributed by atoms with Gasteiger partial charge >= 0.3 is 0 Å². The Morgan fingerprint density at radius 2 is 1.41 bits per heavy atom. The highest BCUT2D eigenvalue weighted by atomic mass is 79.9. The van der Waals surface area contributed by atoms with Crippen LogP contribution in [0.5, 0.6) is 0 Å². The third kappa shape index (κ3) is 9.04. The first-order chi connectivity index (χ1) is 8.04. The molecule has 0 aromatic heterocycles. The van der Waals surface area contributed by atoms with Gasteiger partial charge in [-0.1, -0.05) is 48.0 Å². The van der Waals surface area contributed by atoms with Gasteiger partial charge in [0.05, 0.1) is 6.61 Å². The monoisotopic (exact) mass is 307 g/mol. The third-order valence-electron chi connectivity index (χ3n) is 3.55. The second-order valence-corrected chi connectivity index (χ2v) is 6.35. The second kappa shape index (κ2) is 10.3. The van der Waals surface area contributed by atoms with Crippen LogP contribution in [0.4, 0.5) is 0 Å². The molecule has 0 heterocycles. The van der Waals surface area contributed by atoms with Crippen molar-refractivity contribution in [3.05, 3.63) is 0 Å². The van der Waals surface area contributed by atoms with Gasteiger partial charge in [0.15, 0.2) is 0 Å². The summed E-state index contributed by atoms with van der Waals surface area (Å²) in [7, 11) is 2.10. The number of unbranched alkanes of at least 4 members (excludes halogenated alkanes) is 6. The Labute approximate surface area is 116 Å². The maximum Gasteiger partial charge on any atom is 0.0609 e. The highest BCUT2D eigenvalue weighted by Crippen LogP contribution is 2.13. The van der Waals surface area contributed by atoms with Gasteiger partial charge in [-0.25, -0.2) is 0 Å². The van der Waals surface area contributed by atoms with Gasteiger partial charge in [0, 0.05) is 10.9 Å². The minimum atomic E-state index is -0.0735. The summed E-state index contributed by atoms with van der Waals surface area (Å²) in [5, 5.41) is 10.4. The topological polar surface area (TPSA) is 23.5 Å². The van der Waals surface area contributed by atoms with Crippen LogP contribution in [0.15, 0.2) is 0 Å². The van der Waals surface area contributed by atoms with Crippen LogP contribution in [0.1, 0.15) is 58.8 Å². The molecule has 0 bridgehead atoms. The van der Waals surface area contributed by atoms with Gasteiger partial charge in [-0.15, -0.1) is 0 Å². The number of hydrogen-bond acceptors (Lipinski definition) is 2. The minimum absolute atomic E-state index is 0.0735. The number of alkyl halides is 1. The van der Waals surface area contributed by atoms with E-state index in [9.17, 15) is 5.11 Å². The molecule has 0 saturated heterocycles. The second-order valence-electron chi connectivity index (χ2n) is 5.56. The maximum atomic E-state index is 9.24. The van der Waals surface area contributed by atoms with Crippen molar-refractivity contribution in [1.82, 2.24) is 4.90 Å². The zero-order chi connectivity index (χ0) is 13.1. The maximum absolute atomic E-state index is 9.24. The van der Waals surface area contributed by atoms with Crippen LogP contribution in [-0.2, 0) is 0 Å². The first-order valence-electron chi connectivity index (χ1n) is 6.92. The SMILES string of the molecule is CN(CCCCCCCCCBr)C(C)(C)CO. The van der Waals surface area contributed by atoms with Gasteiger partial charge in [0.1, 0.15) is 0 Å². The van der Waals surface area contributed by atoms with Crippen molar-refractivity contribution in [2.75, 3.05) is 25.5 Å². The molecule has 0 aromatic rings. The van der Waals surface area contributed by atoms with Crippen molar-refractivity contribution in [1.29, 1.82) is 0 Å². The molecular formula is C14H30BrNO. The first-order valence-corrected chi connectivity index (χ1v) is 8.05. The molecule has 0 amide bonds. The summed E-state index contributed by atoms with van der Waals surface area (Å²) in [5.41, 5.74) is -0.0735. The van der Waals surface area contributed by atoms with Crippen LogP contribution >= 0.6 is 15.9 Å². The predicted molar refractivity (Wildman–Crippen MR) is 79.9 cm³/mol. The van der Waals surface area contributed by atoms with Crippen molar-refractivity contribution in [2.45, 2.75) is 64.3 Å². The lowest BCUT2D eigenvalue weighted by Crippen LogP contribution is -2.44. The molecule has 0 aliphatic heterocycles. The lowest BCUT2D eigenvalue weighted by Gasteiger charge is -2.33. The average Bonchev–Trinajstić information content (AvgIpc) is 2.32. The van der Waals surface area contributed by atoms with E-state index in [1.165, 1.54) is 44.9 Å². The van der Waals surface area contributed by atoms with E-state index in [1.54, 1.807) is 0 Å². The Bertz CT molecular complexity index is 174. The molecule has 0 atom stereocenters. The molecule has 104 valence electrons. The molecule has 0 aliphatic rings. The van der Waals surface area contributed by atoms with E-state index in [0.717, 1.165) is 11.9 Å². The Balaban J connectivity index is 3.34. The van der Waals surface area contributed by atoms with Gasteiger partial charge in [-0.2, -0.15) is 0 Å². The number of likely N-dealkylation sites (N-methyl/N-ethyl adjacent to an activating group) is 1. The largest absolute Gasteiger partial charge is 0.394 e. The van der Waals surface area contributed by atoms with Crippen LogP contribution in [0, 0.1) is 0 Å². The fourth-order valence-corrected chi connectivity index (χ4v) is 2.15. The fraction of sp³-hybridized carbons (Fsp3) is 1.00. The van der Waals surface area contributed by atoms with Crippen LogP contribution in [0.3, 0.4) is 0 Å². The molecule has 1 N–H and O–H groups in total. The lowest BCUT2D eigenvalue weighted by molar-refractivity contribution is 0.0776. The van der Waals surface area contributed by atoms with Crippen LogP contribution in [0.25, 0.3) is 0 Å². The van der Waals surface area contributed by atoms with E-state index in [1.807, 2.05) is 0 Å². The standard InChI is InChI=1S/C14H30BrNO/c1-14(2,13-17)16(3)12-10-8-6-4-5-7-9-11-15/h17H,4-13H2,1-3H3. The van der Waals surface area contributed by atoms with E-state index in [2.05, 4.69) is 41.7 Å². The van der Waals surface area contributed by atoms with E-state index >= 15 is 0 Å². The highest BCUT2D eigenvalue weighted by Gasteiger charge is 2.21. The molecule has 17 heavy (non-hydrogen) atoms. The molecule has 0 rings (SSSR count). The number of aliphatic hydroxyl groups excluding tert-OH is 1. The summed E-state index contributed by atoms with van der Waals surface area (Å²) in [6.07, 6.45) is 9.36. The van der Waals surface area contributed by atoms with Crippen molar-refractivity contribution in [2.24, 2.45) is 0 Å². The molecule has 0 aliphatic carbocycles. The Kier molecular flexibility index (Phi) is 10.6. The fourth-order valence-electron chi connectivity index (χ4n) is 1.75. The number of nitrogens with zero attached hydrogens (tertiary/aromatic N) is 1. The molecule has 0 unspecified atom stereocenters. The normalized spacial score (nSPS) is 12.4. The molecule has 2 nitrogen and oxygen atoms in total. The van der Waals surface area contributed by atoms with Crippen molar-refractivity contribution in [3.8, 4) is 0 Å². The van der Waals surface area contributed by atoms with E-state index in [-0.39, 0.29) is 12.1 Å². The van der Waals surface area contributed by atoms with Crippen molar-refractivity contribution in [3.63, 3.8) is 0 Å². The average molecular weight is 308 g/mol. The van der Waals surface area contributed by atoms with Gasteiger partial charge in [0.2, 0.25) is 0 Å². The zero-order valence-electron chi connectivity index (χ0n) is 11.8. The number of aliphatic hydroxyl groups is 1. The molecular weight excluding hydrogens is 278 g/mol. The Hall–Kier alpha value is 0.400. The number of halogens is 1. The Morgan fingerprint density at radius 1 is 0.941 bits per heavy atom. The molecule has 0 saturated carbocycles. The van der Waals surface area contributed by atoms with E-state index in [0.29, 0.717) is 0 Å². The highest BCUT2D eigenvalue weighted by molar-refractivity contribution is 9.09. The summed E-state index contributed by atoms with van der Waals surface area (Å²) in [4.78, 5) is 2.26. The molecule has 0 aromatic carbocycles. The molecule has 0 fully saturated rings. The van der Waals surface area contributed by atoms with Crippen molar-refractivity contribution < 1.29 is 5.11 Å². The quantitative estimate of drug-likeness (QED) is 0.463. The number of rotatable bonds is 11. The molecule has 0 spiro atoms. The smallest absolute Gasteiger partial charge is 0.0609 e. The summed E-state index contributed by atoms with van der Waals surface area (Å²) < 4.78 is 0. The summed E-state index contributed by atoms with van der Waals surface area (Å²) in [6, 6.07) is 0. The lowest BCUT2D eigenvalue weighted by atomic mass is 10.0.